The SMILES string of the molecule is CCCNC(=O)c1ccccc1NC(=O)[C@@H]1CCCN(S(=O)(=O)c2ccc(C)cc2)C1. The smallest absolute Gasteiger partial charge is 0.253 e. The molecule has 1 aliphatic heterocycles. The molecule has 0 aromatic heterocycles. The van der Waals surface area contributed by atoms with E-state index >= 15 is 0 Å². The minimum absolute atomic E-state index is 0.117. The van der Waals surface area contributed by atoms with Crippen LogP contribution in [0, 0.1) is 12.8 Å². The number of carbonyl (C=O) groups excluding carboxylic acids is 2. The highest BCUT2D eigenvalue weighted by Crippen LogP contribution is 2.25. The van der Waals surface area contributed by atoms with Crippen LogP contribution in [0.15, 0.2) is 53.4 Å². The molecule has 0 bridgehead atoms. The molecule has 1 saturated heterocycles. The molecule has 31 heavy (non-hydrogen) atoms. The minimum atomic E-state index is -3.66. The van der Waals surface area contributed by atoms with Crippen molar-refractivity contribution >= 4 is 27.5 Å². The molecule has 0 saturated carbocycles. The monoisotopic (exact) mass is 443 g/mol. The van der Waals surface area contributed by atoms with Crippen molar-refractivity contribution in [2.24, 2.45) is 5.92 Å². The maximum absolute atomic E-state index is 13.0. The Balaban J connectivity index is 1.72. The summed E-state index contributed by atoms with van der Waals surface area (Å²) in [5.74, 6) is -1.01. The third-order valence-corrected chi connectivity index (χ3v) is 7.26. The van der Waals surface area contributed by atoms with Gasteiger partial charge in [-0.2, -0.15) is 4.31 Å². The lowest BCUT2D eigenvalue weighted by atomic mass is 9.98. The Morgan fingerprint density at radius 3 is 2.52 bits per heavy atom. The highest BCUT2D eigenvalue weighted by molar-refractivity contribution is 7.89. The highest BCUT2D eigenvalue weighted by Gasteiger charge is 2.33. The maximum atomic E-state index is 13.0. The molecule has 2 aromatic rings. The number of rotatable bonds is 7. The second-order valence-electron chi connectivity index (χ2n) is 7.81. The summed E-state index contributed by atoms with van der Waals surface area (Å²) in [7, 11) is -3.66. The van der Waals surface area contributed by atoms with E-state index in [4.69, 9.17) is 0 Å². The molecule has 3 rings (SSSR count). The summed E-state index contributed by atoms with van der Waals surface area (Å²) in [6, 6.07) is 13.6. The molecule has 166 valence electrons. The summed E-state index contributed by atoms with van der Waals surface area (Å²) < 4.78 is 27.4. The van der Waals surface area contributed by atoms with Gasteiger partial charge in [0.1, 0.15) is 0 Å². The van der Waals surface area contributed by atoms with Crippen LogP contribution in [-0.4, -0.2) is 44.2 Å². The van der Waals surface area contributed by atoms with Crippen molar-refractivity contribution in [1.29, 1.82) is 0 Å². The van der Waals surface area contributed by atoms with Crippen LogP contribution >= 0.6 is 0 Å². The van der Waals surface area contributed by atoms with Gasteiger partial charge in [0.15, 0.2) is 0 Å². The molecular formula is C23H29N3O4S. The molecule has 1 fully saturated rings. The molecular weight excluding hydrogens is 414 g/mol. The van der Waals surface area contributed by atoms with Gasteiger partial charge in [0.05, 0.1) is 22.1 Å². The van der Waals surface area contributed by atoms with E-state index in [0.29, 0.717) is 37.2 Å². The normalized spacial score (nSPS) is 17.2. The Morgan fingerprint density at radius 2 is 1.81 bits per heavy atom. The Bertz CT molecular complexity index is 1040. The molecule has 0 spiro atoms. The number of nitrogens with zero attached hydrogens (tertiary/aromatic N) is 1. The second-order valence-corrected chi connectivity index (χ2v) is 9.74. The first-order valence-electron chi connectivity index (χ1n) is 10.6. The molecule has 7 nitrogen and oxygen atoms in total. The van der Waals surface area contributed by atoms with Crippen LogP contribution in [0.2, 0.25) is 0 Å². The number of sulfonamides is 1. The van der Waals surface area contributed by atoms with Crippen molar-refractivity contribution in [3.8, 4) is 0 Å². The number of hydrogen-bond acceptors (Lipinski definition) is 4. The first-order chi connectivity index (χ1) is 14.8. The van der Waals surface area contributed by atoms with Crippen molar-refractivity contribution < 1.29 is 18.0 Å². The van der Waals surface area contributed by atoms with Gasteiger partial charge in [0.2, 0.25) is 15.9 Å². The average Bonchev–Trinajstić information content (AvgIpc) is 2.78. The van der Waals surface area contributed by atoms with E-state index in [1.165, 1.54) is 4.31 Å². The number of nitrogens with one attached hydrogen (secondary N) is 2. The molecule has 0 radical (unpaired) electrons. The quantitative estimate of drug-likeness (QED) is 0.687. The highest BCUT2D eigenvalue weighted by atomic mass is 32.2. The summed E-state index contributed by atoms with van der Waals surface area (Å²) in [4.78, 5) is 25.6. The number of amides is 2. The molecule has 0 unspecified atom stereocenters. The van der Waals surface area contributed by atoms with Crippen LogP contribution in [0.1, 0.15) is 42.1 Å². The number of anilines is 1. The zero-order valence-corrected chi connectivity index (χ0v) is 18.7. The summed E-state index contributed by atoms with van der Waals surface area (Å²) in [5.41, 5.74) is 1.81. The zero-order valence-electron chi connectivity index (χ0n) is 17.9. The van der Waals surface area contributed by atoms with Crippen molar-refractivity contribution in [3.05, 3.63) is 59.7 Å². The predicted octanol–water partition coefficient (Wildman–Crippen LogP) is 3.17. The van der Waals surface area contributed by atoms with E-state index in [0.717, 1.165) is 12.0 Å². The fourth-order valence-electron chi connectivity index (χ4n) is 3.59. The van der Waals surface area contributed by atoms with E-state index < -0.39 is 15.9 Å². The lowest BCUT2D eigenvalue weighted by Gasteiger charge is -2.31. The van der Waals surface area contributed by atoms with Crippen LogP contribution < -0.4 is 10.6 Å². The number of piperidine rings is 1. The molecule has 2 amide bonds. The van der Waals surface area contributed by atoms with Crippen molar-refractivity contribution in [1.82, 2.24) is 9.62 Å². The van der Waals surface area contributed by atoms with E-state index in [1.807, 2.05) is 13.8 Å². The van der Waals surface area contributed by atoms with Gasteiger partial charge in [-0.15, -0.1) is 0 Å². The second kappa shape index (κ2) is 10.1. The van der Waals surface area contributed by atoms with E-state index in [-0.39, 0.29) is 23.3 Å². The van der Waals surface area contributed by atoms with Gasteiger partial charge in [-0.25, -0.2) is 8.42 Å². The molecule has 8 heteroatoms. The molecule has 1 atom stereocenters. The first-order valence-corrected chi connectivity index (χ1v) is 12.0. The summed E-state index contributed by atoms with van der Waals surface area (Å²) in [6.45, 7) is 4.92. The van der Waals surface area contributed by atoms with Gasteiger partial charge < -0.3 is 10.6 Å². The first kappa shape index (κ1) is 23.0. The number of carbonyl (C=O) groups is 2. The Hall–Kier alpha value is -2.71. The standard InChI is InChI=1S/C23H29N3O4S/c1-3-14-24-23(28)20-8-4-5-9-21(20)25-22(27)18-7-6-15-26(16-18)31(29,30)19-12-10-17(2)11-13-19/h4-5,8-13,18H,3,6-7,14-16H2,1-2H3,(H,24,28)(H,25,27)/t18-/m1/s1. The number of hydrogen-bond donors (Lipinski definition) is 2. The van der Waals surface area contributed by atoms with E-state index in [9.17, 15) is 18.0 Å². The van der Waals surface area contributed by atoms with E-state index in [2.05, 4.69) is 10.6 Å². The summed E-state index contributed by atoms with van der Waals surface area (Å²) >= 11 is 0. The largest absolute Gasteiger partial charge is 0.352 e. The third kappa shape index (κ3) is 5.51. The Morgan fingerprint density at radius 1 is 1.10 bits per heavy atom. The Kier molecular flexibility index (Phi) is 7.46. The van der Waals surface area contributed by atoms with Crippen LogP contribution in [0.3, 0.4) is 0 Å². The van der Waals surface area contributed by atoms with Crippen LogP contribution in [0.5, 0.6) is 0 Å². The minimum Gasteiger partial charge on any atom is -0.352 e. The zero-order chi connectivity index (χ0) is 22.4. The number of benzene rings is 2. The van der Waals surface area contributed by atoms with Crippen LogP contribution in [0.4, 0.5) is 5.69 Å². The fraction of sp³-hybridized carbons (Fsp3) is 0.391. The molecule has 2 N–H and O–H groups in total. The molecule has 0 aliphatic carbocycles. The molecule has 2 aromatic carbocycles. The number of aryl methyl sites for hydroxylation is 1. The lowest BCUT2D eigenvalue weighted by Crippen LogP contribution is -2.43. The van der Waals surface area contributed by atoms with Gasteiger partial charge >= 0.3 is 0 Å². The van der Waals surface area contributed by atoms with Crippen LogP contribution in [-0.2, 0) is 14.8 Å². The van der Waals surface area contributed by atoms with Crippen molar-refractivity contribution in [2.75, 3.05) is 25.0 Å². The van der Waals surface area contributed by atoms with Gasteiger partial charge in [0.25, 0.3) is 5.91 Å². The predicted molar refractivity (Wildman–Crippen MR) is 120 cm³/mol. The van der Waals surface area contributed by atoms with Crippen LogP contribution in [0.25, 0.3) is 0 Å². The van der Waals surface area contributed by atoms with E-state index in [1.54, 1.807) is 48.5 Å². The topological polar surface area (TPSA) is 95.6 Å². The average molecular weight is 444 g/mol. The fourth-order valence-corrected chi connectivity index (χ4v) is 5.12. The van der Waals surface area contributed by atoms with Gasteiger partial charge in [-0.1, -0.05) is 36.8 Å². The van der Waals surface area contributed by atoms with Gasteiger partial charge in [-0.05, 0) is 50.5 Å². The number of para-hydroxylation sites is 1. The molecule has 1 heterocycles. The van der Waals surface area contributed by atoms with Crippen molar-refractivity contribution in [3.63, 3.8) is 0 Å². The molecule has 1 aliphatic rings. The maximum Gasteiger partial charge on any atom is 0.253 e. The summed E-state index contributed by atoms with van der Waals surface area (Å²) in [6.07, 6.45) is 2.01. The van der Waals surface area contributed by atoms with Gasteiger partial charge in [-0.3, -0.25) is 9.59 Å². The Labute approximate surface area is 183 Å². The van der Waals surface area contributed by atoms with Gasteiger partial charge in [0, 0.05) is 19.6 Å². The summed E-state index contributed by atoms with van der Waals surface area (Å²) in [5, 5.41) is 5.65. The third-order valence-electron chi connectivity index (χ3n) is 5.38. The lowest BCUT2D eigenvalue weighted by molar-refractivity contribution is -0.120. The van der Waals surface area contributed by atoms with Crippen molar-refractivity contribution in [2.45, 2.75) is 38.0 Å².